The van der Waals surface area contributed by atoms with Crippen molar-refractivity contribution < 1.29 is 4.39 Å². The van der Waals surface area contributed by atoms with Crippen LogP contribution in [-0.2, 0) is 0 Å². The van der Waals surface area contributed by atoms with Crippen molar-refractivity contribution in [1.82, 2.24) is 9.97 Å². The van der Waals surface area contributed by atoms with Crippen LogP contribution in [0.1, 0.15) is 11.4 Å². The number of hydrogen-bond acceptors (Lipinski definition) is 3. The van der Waals surface area contributed by atoms with E-state index in [1.165, 1.54) is 12.1 Å². The number of hydrogen-bond donors (Lipinski definition) is 1. The van der Waals surface area contributed by atoms with Gasteiger partial charge in [-0.15, -0.1) is 0 Å². The molecule has 1 aromatic carbocycles. The molecular weight excluding hydrogens is 241 g/mol. The fourth-order valence-corrected chi connectivity index (χ4v) is 1.57. The van der Waals surface area contributed by atoms with Crippen LogP contribution in [0.2, 0.25) is 5.15 Å². The van der Waals surface area contributed by atoms with Gasteiger partial charge in [-0.1, -0.05) is 17.7 Å². The first-order valence-electron chi connectivity index (χ1n) is 5.09. The zero-order chi connectivity index (χ0) is 12.4. The molecule has 0 saturated carbocycles. The third kappa shape index (κ3) is 2.71. The molecule has 0 atom stereocenters. The molecule has 0 spiro atoms. The Kier molecular flexibility index (Phi) is 3.24. The number of aromatic nitrogens is 2. The third-order valence-electron chi connectivity index (χ3n) is 2.35. The molecule has 2 rings (SSSR count). The lowest BCUT2D eigenvalue weighted by Gasteiger charge is -2.09. The Morgan fingerprint density at radius 1 is 1.18 bits per heavy atom. The van der Waals surface area contributed by atoms with E-state index in [0.717, 1.165) is 11.4 Å². The van der Waals surface area contributed by atoms with Crippen LogP contribution in [0.15, 0.2) is 24.3 Å². The molecule has 17 heavy (non-hydrogen) atoms. The highest BCUT2D eigenvalue weighted by Crippen LogP contribution is 2.23. The lowest BCUT2D eigenvalue weighted by Crippen LogP contribution is -2.00. The number of nitrogens with zero attached hydrogens (tertiary/aromatic N) is 2. The van der Waals surface area contributed by atoms with E-state index in [2.05, 4.69) is 15.3 Å². The second kappa shape index (κ2) is 4.67. The Bertz CT molecular complexity index is 557. The number of nitrogens with one attached hydrogen (secondary N) is 1. The summed E-state index contributed by atoms with van der Waals surface area (Å²) in [7, 11) is 0. The van der Waals surface area contributed by atoms with Crippen LogP contribution >= 0.6 is 11.6 Å². The SMILES string of the molecule is Cc1nc(Cl)c(Nc2cccc(F)c2)nc1C. The van der Waals surface area contributed by atoms with Gasteiger partial charge >= 0.3 is 0 Å². The van der Waals surface area contributed by atoms with Gasteiger partial charge in [-0.25, -0.2) is 14.4 Å². The predicted molar refractivity (Wildman–Crippen MR) is 66.2 cm³/mol. The number of benzene rings is 1. The standard InChI is InChI=1S/C12H11ClFN3/c1-7-8(2)16-12(11(13)15-7)17-10-5-3-4-9(14)6-10/h3-6H,1-2H3,(H,16,17). The molecule has 1 aromatic heterocycles. The van der Waals surface area contributed by atoms with E-state index in [1.807, 2.05) is 13.8 Å². The third-order valence-corrected chi connectivity index (χ3v) is 2.62. The summed E-state index contributed by atoms with van der Waals surface area (Å²) in [5, 5.41) is 3.21. The minimum Gasteiger partial charge on any atom is -0.338 e. The molecule has 0 aliphatic heterocycles. The average molecular weight is 252 g/mol. The quantitative estimate of drug-likeness (QED) is 0.886. The van der Waals surface area contributed by atoms with Crippen molar-refractivity contribution in [3.8, 4) is 0 Å². The Hall–Kier alpha value is -1.68. The van der Waals surface area contributed by atoms with E-state index in [0.29, 0.717) is 11.5 Å². The van der Waals surface area contributed by atoms with Crippen molar-refractivity contribution >= 4 is 23.1 Å². The maximum atomic E-state index is 13.0. The van der Waals surface area contributed by atoms with E-state index < -0.39 is 0 Å². The van der Waals surface area contributed by atoms with Crippen LogP contribution in [-0.4, -0.2) is 9.97 Å². The second-order valence-corrected chi connectivity index (χ2v) is 4.03. The van der Waals surface area contributed by atoms with E-state index in [-0.39, 0.29) is 11.0 Å². The van der Waals surface area contributed by atoms with Gasteiger partial charge in [0, 0.05) is 5.69 Å². The van der Waals surface area contributed by atoms with Crippen LogP contribution in [0.5, 0.6) is 0 Å². The minimum absolute atomic E-state index is 0.275. The lowest BCUT2D eigenvalue weighted by molar-refractivity contribution is 0.628. The predicted octanol–water partition coefficient (Wildman–Crippen LogP) is 3.63. The monoisotopic (exact) mass is 251 g/mol. The van der Waals surface area contributed by atoms with Crippen molar-refractivity contribution in [3.05, 3.63) is 46.6 Å². The summed E-state index contributed by atoms with van der Waals surface area (Å²) in [5.41, 5.74) is 2.15. The Morgan fingerprint density at radius 3 is 2.59 bits per heavy atom. The fraction of sp³-hybridized carbons (Fsp3) is 0.167. The molecule has 0 amide bonds. The molecule has 0 radical (unpaired) electrons. The number of anilines is 2. The maximum absolute atomic E-state index is 13.0. The van der Waals surface area contributed by atoms with Crippen molar-refractivity contribution in [2.24, 2.45) is 0 Å². The topological polar surface area (TPSA) is 37.8 Å². The molecule has 3 nitrogen and oxygen atoms in total. The zero-order valence-corrected chi connectivity index (χ0v) is 10.2. The maximum Gasteiger partial charge on any atom is 0.172 e. The van der Waals surface area contributed by atoms with Gasteiger partial charge in [-0.05, 0) is 32.0 Å². The molecule has 88 valence electrons. The van der Waals surface area contributed by atoms with Crippen LogP contribution in [0.3, 0.4) is 0 Å². The summed E-state index contributed by atoms with van der Waals surface area (Å²) >= 11 is 5.96. The number of rotatable bonds is 2. The van der Waals surface area contributed by atoms with Gasteiger partial charge in [0.05, 0.1) is 11.4 Å². The van der Waals surface area contributed by atoms with Crippen LogP contribution in [0.4, 0.5) is 15.9 Å². The first-order chi connectivity index (χ1) is 8.06. The van der Waals surface area contributed by atoms with E-state index in [4.69, 9.17) is 11.6 Å². The summed E-state index contributed by atoms with van der Waals surface area (Å²) in [4.78, 5) is 8.41. The summed E-state index contributed by atoms with van der Waals surface area (Å²) in [6.45, 7) is 3.68. The minimum atomic E-state index is -0.317. The van der Waals surface area contributed by atoms with Crippen molar-refractivity contribution in [1.29, 1.82) is 0 Å². The van der Waals surface area contributed by atoms with Gasteiger partial charge in [0.15, 0.2) is 11.0 Å². The Labute approximate surface area is 104 Å². The Morgan fingerprint density at radius 2 is 1.88 bits per heavy atom. The van der Waals surface area contributed by atoms with E-state index in [1.54, 1.807) is 12.1 Å². The molecule has 5 heteroatoms. The first-order valence-corrected chi connectivity index (χ1v) is 5.47. The van der Waals surface area contributed by atoms with Crippen LogP contribution < -0.4 is 5.32 Å². The summed E-state index contributed by atoms with van der Waals surface area (Å²) in [6, 6.07) is 6.09. The Balaban J connectivity index is 2.33. The lowest BCUT2D eigenvalue weighted by atomic mass is 10.3. The van der Waals surface area contributed by atoms with Gasteiger partial charge in [0.2, 0.25) is 0 Å². The molecule has 0 fully saturated rings. The van der Waals surface area contributed by atoms with Crippen molar-refractivity contribution in [2.75, 3.05) is 5.32 Å². The van der Waals surface area contributed by atoms with E-state index >= 15 is 0 Å². The van der Waals surface area contributed by atoms with Crippen molar-refractivity contribution in [3.63, 3.8) is 0 Å². The first kappa shape index (κ1) is 11.8. The average Bonchev–Trinajstić information content (AvgIpc) is 2.26. The normalized spacial score (nSPS) is 10.4. The highest BCUT2D eigenvalue weighted by Gasteiger charge is 2.07. The van der Waals surface area contributed by atoms with Gasteiger partial charge < -0.3 is 5.32 Å². The molecule has 0 aliphatic rings. The molecular formula is C12H11ClFN3. The fourth-order valence-electron chi connectivity index (χ4n) is 1.36. The van der Waals surface area contributed by atoms with Gasteiger partial charge in [0.25, 0.3) is 0 Å². The van der Waals surface area contributed by atoms with Crippen LogP contribution in [0.25, 0.3) is 0 Å². The highest BCUT2D eigenvalue weighted by atomic mass is 35.5. The summed E-state index contributed by atoms with van der Waals surface area (Å²) < 4.78 is 13.0. The highest BCUT2D eigenvalue weighted by molar-refractivity contribution is 6.31. The van der Waals surface area contributed by atoms with Gasteiger partial charge in [-0.3, -0.25) is 0 Å². The van der Waals surface area contributed by atoms with Gasteiger partial charge in [0.1, 0.15) is 5.82 Å². The van der Waals surface area contributed by atoms with Crippen molar-refractivity contribution in [2.45, 2.75) is 13.8 Å². The summed E-state index contributed by atoms with van der Waals surface area (Å²) in [6.07, 6.45) is 0. The number of aryl methyl sites for hydroxylation is 2. The van der Waals surface area contributed by atoms with Gasteiger partial charge in [-0.2, -0.15) is 0 Å². The molecule has 1 heterocycles. The second-order valence-electron chi connectivity index (χ2n) is 3.67. The van der Waals surface area contributed by atoms with Crippen LogP contribution in [0, 0.1) is 19.7 Å². The zero-order valence-electron chi connectivity index (χ0n) is 9.46. The molecule has 0 saturated heterocycles. The molecule has 2 aromatic rings. The summed E-state index contributed by atoms with van der Waals surface area (Å²) in [5.74, 6) is 0.114. The molecule has 0 aliphatic carbocycles. The van der Waals surface area contributed by atoms with E-state index in [9.17, 15) is 4.39 Å². The smallest absolute Gasteiger partial charge is 0.172 e. The molecule has 0 bridgehead atoms. The largest absolute Gasteiger partial charge is 0.338 e. The molecule has 0 unspecified atom stereocenters. The molecule has 1 N–H and O–H groups in total. The number of halogens is 2.